The molecule has 0 fully saturated rings. The van der Waals surface area contributed by atoms with Gasteiger partial charge in [-0.2, -0.15) is 0 Å². The molecule has 0 radical (unpaired) electrons. The Hall–Kier alpha value is -0.490. The minimum Gasteiger partial charge on any atom is -0.329 e. The third kappa shape index (κ3) is 2.06. The zero-order valence-electron chi connectivity index (χ0n) is 6.96. The lowest BCUT2D eigenvalue weighted by atomic mass is 10.3. The number of nitrogens with zero attached hydrogens (tertiary/aromatic N) is 1. The third-order valence-electron chi connectivity index (χ3n) is 1.77. The van der Waals surface area contributed by atoms with Crippen LogP contribution in [0.2, 0.25) is 10.3 Å². The molecule has 0 aliphatic heterocycles. The average Bonchev–Trinajstić information content (AvgIpc) is 2.40. The summed E-state index contributed by atoms with van der Waals surface area (Å²) in [6.07, 6.45) is 0. The first-order chi connectivity index (χ1) is 6.88. The number of hydrogen-bond acceptors (Lipinski definition) is 3. The molecule has 4 nitrogen and oxygen atoms in total. The molecule has 0 unspecified atom stereocenters. The summed E-state index contributed by atoms with van der Waals surface area (Å²) < 4.78 is 22.2. The number of halogens is 3. The largest absolute Gasteiger partial charge is 0.329 e. The Bertz CT molecular complexity index is 635. The van der Waals surface area contributed by atoms with Crippen LogP contribution in [0.25, 0.3) is 11.0 Å². The van der Waals surface area contributed by atoms with Crippen molar-refractivity contribution in [3.63, 3.8) is 0 Å². The van der Waals surface area contributed by atoms with E-state index in [1.54, 1.807) is 0 Å². The van der Waals surface area contributed by atoms with E-state index in [0.717, 1.165) is 0 Å². The highest BCUT2D eigenvalue weighted by Gasteiger charge is 2.17. The molecule has 0 amide bonds. The Kier molecular flexibility index (Phi) is 2.58. The highest BCUT2D eigenvalue weighted by molar-refractivity contribution is 8.13. The van der Waals surface area contributed by atoms with Gasteiger partial charge in [0.1, 0.15) is 4.90 Å². The van der Waals surface area contributed by atoms with Crippen LogP contribution in [0.3, 0.4) is 0 Å². The molecule has 1 heterocycles. The standard InChI is InChI=1S/C7H3Cl3N2O2S/c8-3-1-4-5(12-7(9)11-4)2-6(3)15(10,13)14/h1-2H,(H,11,12). The van der Waals surface area contributed by atoms with Crippen LogP contribution >= 0.6 is 33.9 Å². The van der Waals surface area contributed by atoms with Crippen molar-refractivity contribution in [2.75, 3.05) is 0 Å². The maximum Gasteiger partial charge on any atom is 0.262 e. The maximum absolute atomic E-state index is 11.1. The van der Waals surface area contributed by atoms with Gasteiger partial charge in [0.15, 0.2) is 0 Å². The SMILES string of the molecule is O=S(=O)(Cl)c1cc2[nH]c(Cl)nc2cc1Cl. The van der Waals surface area contributed by atoms with Crippen LogP contribution in [0.15, 0.2) is 17.0 Å². The number of fused-ring (bicyclic) bond motifs is 1. The predicted molar refractivity (Wildman–Crippen MR) is 59.2 cm³/mol. The van der Waals surface area contributed by atoms with E-state index >= 15 is 0 Å². The molecule has 1 aromatic heterocycles. The smallest absolute Gasteiger partial charge is 0.262 e. The van der Waals surface area contributed by atoms with Gasteiger partial charge in [-0.15, -0.1) is 0 Å². The summed E-state index contributed by atoms with van der Waals surface area (Å²) in [5.41, 5.74) is 0.942. The number of H-pyrrole nitrogens is 1. The van der Waals surface area contributed by atoms with Crippen LogP contribution in [-0.4, -0.2) is 18.4 Å². The molecule has 8 heteroatoms. The van der Waals surface area contributed by atoms with Crippen LogP contribution in [0.1, 0.15) is 0 Å². The first kappa shape index (κ1) is 11.0. The van der Waals surface area contributed by atoms with E-state index < -0.39 is 9.05 Å². The molecule has 2 rings (SSSR count). The van der Waals surface area contributed by atoms with Crippen LogP contribution in [0, 0.1) is 0 Å². The number of aromatic amines is 1. The lowest BCUT2D eigenvalue weighted by Crippen LogP contribution is -1.91. The molecule has 0 atom stereocenters. The lowest BCUT2D eigenvalue weighted by Gasteiger charge is -1.98. The average molecular weight is 286 g/mol. The Balaban J connectivity index is 2.83. The second-order valence-corrected chi connectivity index (χ2v) is 6.06. The van der Waals surface area contributed by atoms with Gasteiger partial charge >= 0.3 is 0 Å². The van der Waals surface area contributed by atoms with E-state index in [1.807, 2.05) is 0 Å². The second-order valence-electron chi connectivity index (χ2n) is 2.77. The Morgan fingerprint density at radius 2 is 1.93 bits per heavy atom. The van der Waals surface area contributed by atoms with Gasteiger partial charge in [0.05, 0.1) is 16.1 Å². The number of hydrogen-bond donors (Lipinski definition) is 1. The predicted octanol–water partition coefficient (Wildman–Crippen LogP) is 2.80. The Labute approximate surface area is 99.6 Å². The molecule has 0 aliphatic carbocycles. The summed E-state index contributed by atoms with van der Waals surface area (Å²) in [6, 6.07) is 2.67. The first-order valence-electron chi connectivity index (χ1n) is 3.67. The maximum atomic E-state index is 11.1. The number of imidazole rings is 1. The third-order valence-corrected chi connectivity index (χ3v) is 3.73. The first-order valence-corrected chi connectivity index (χ1v) is 6.74. The molecule has 0 bridgehead atoms. The van der Waals surface area contributed by atoms with Gasteiger partial charge < -0.3 is 4.98 Å². The summed E-state index contributed by atoms with van der Waals surface area (Å²) in [5.74, 6) is 0. The minimum absolute atomic E-state index is 0.0145. The molecular weight excluding hydrogens is 283 g/mol. The van der Waals surface area contributed by atoms with Gasteiger partial charge in [0.25, 0.3) is 9.05 Å². The minimum atomic E-state index is -3.87. The van der Waals surface area contributed by atoms with E-state index in [9.17, 15) is 8.42 Å². The molecule has 0 aliphatic rings. The molecule has 0 saturated carbocycles. The fourth-order valence-corrected chi connectivity index (χ4v) is 2.87. The van der Waals surface area contributed by atoms with E-state index in [2.05, 4.69) is 9.97 Å². The van der Waals surface area contributed by atoms with Gasteiger partial charge in [-0.3, -0.25) is 0 Å². The van der Waals surface area contributed by atoms with Crippen LogP contribution in [-0.2, 0) is 9.05 Å². The molecule has 80 valence electrons. The summed E-state index contributed by atoms with van der Waals surface area (Å²) in [5, 5.41) is 0.172. The zero-order valence-corrected chi connectivity index (χ0v) is 10.0. The highest BCUT2D eigenvalue weighted by Crippen LogP contribution is 2.29. The van der Waals surface area contributed by atoms with Gasteiger partial charge in [0, 0.05) is 10.7 Å². The summed E-state index contributed by atoms with van der Waals surface area (Å²) >= 11 is 11.3. The van der Waals surface area contributed by atoms with Crippen molar-refractivity contribution in [1.82, 2.24) is 9.97 Å². The van der Waals surface area contributed by atoms with Crippen LogP contribution < -0.4 is 0 Å². The van der Waals surface area contributed by atoms with Crippen molar-refractivity contribution in [2.45, 2.75) is 4.90 Å². The summed E-state index contributed by atoms with van der Waals surface area (Å²) in [6.45, 7) is 0. The van der Waals surface area contributed by atoms with E-state index in [-0.39, 0.29) is 15.2 Å². The normalized spacial score (nSPS) is 12.2. The van der Waals surface area contributed by atoms with E-state index in [0.29, 0.717) is 11.0 Å². The number of nitrogens with one attached hydrogen (secondary N) is 1. The molecule has 1 aromatic carbocycles. The van der Waals surface area contributed by atoms with Gasteiger partial charge in [-0.05, 0) is 23.7 Å². The van der Waals surface area contributed by atoms with Gasteiger partial charge in [0.2, 0.25) is 5.28 Å². The van der Waals surface area contributed by atoms with Crippen LogP contribution in [0.5, 0.6) is 0 Å². The highest BCUT2D eigenvalue weighted by atomic mass is 35.7. The van der Waals surface area contributed by atoms with E-state index in [4.69, 9.17) is 33.9 Å². The molecule has 1 N–H and O–H groups in total. The second kappa shape index (κ2) is 3.52. The fraction of sp³-hybridized carbons (Fsp3) is 0. The van der Waals surface area contributed by atoms with Crippen molar-refractivity contribution < 1.29 is 8.42 Å². The summed E-state index contributed by atoms with van der Waals surface area (Å²) in [7, 11) is 1.33. The Morgan fingerprint density at radius 1 is 1.27 bits per heavy atom. The van der Waals surface area contributed by atoms with Crippen LogP contribution in [0.4, 0.5) is 0 Å². The quantitative estimate of drug-likeness (QED) is 0.820. The zero-order chi connectivity index (χ0) is 11.2. The van der Waals surface area contributed by atoms with Gasteiger partial charge in [-0.25, -0.2) is 13.4 Å². The molecule has 2 aromatic rings. The van der Waals surface area contributed by atoms with Crippen molar-refractivity contribution in [2.24, 2.45) is 0 Å². The van der Waals surface area contributed by atoms with E-state index in [1.165, 1.54) is 12.1 Å². The summed E-state index contributed by atoms with van der Waals surface area (Å²) in [4.78, 5) is 6.39. The molecule has 0 spiro atoms. The number of aromatic nitrogens is 2. The Morgan fingerprint density at radius 3 is 2.53 bits per heavy atom. The van der Waals surface area contributed by atoms with Crippen molar-refractivity contribution >= 4 is 54.0 Å². The monoisotopic (exact) mass is 284 g/mol. The van der Waals surface area contributed by atoms with Crippen molar-refractivity contribution in [1.29, 1.82) is 0 Å². The topological polar surface area (TPSA) is 62.8 Å². The van der Waals surface area contributed by atoms with Gasteiger partial charge in [-0.1, -0.05) is 11.6 Å². The fourth-order valence-electron chi connectivity index (χ4n) is 1.17. The van der Waals surface area contributed by atoms with Crippen molar-refractivity contribution in [3.05, 3.63) is 22.4 Å². The molecule has 0 saturated heterocycles. The number of rotatable bonds is 1. The van der Waals surface area contributed by atoms with Crippen molar-refractivity contribution in [3.8, 4) is 0 Å². The number of benzene rings is 1. The molecule has 15 heavy (non-hydrogen) atoms. The molecular formula is C7H3Cl3N2O2S. The lowest BCUT2D eigenvalue weighted by molar-refractivity contribution is 0.610.